The van der Waals surface area contributed by atoms with E-state index in [2.05, 4.69) is 32.7 Å². The molecule has 0 aliphatic heterocycles. The van der Waals surface area contributed by atoms with Gasteiger partial charge in [0.2, 0.25) is 5.91 Å². The molecule has 0 fully saturated rings. The highest BCUT2D eigenvalue weighted by molar-refractivity contribution is 7.99. The maximum absolute atomic E-state index is 11.9. The number of aryl methyl sites for hydroxylation is 1. The summed E-state index contributed by atoms with van der Waals surface area (Å²) >= 11 is 1.28. The predicted octanol–water partition coefficient (Wildman–Crippen LogP) is 3.03. The normalized spacial score (nSPS) is 11.2. The molecule has 0 aliphatic rings. The number of imidazole rings is 1. The molecule has 0 aliphatic carbocycles. The van der Waals surface area contributed by atoms with Gasteiger partial charge < -0.3 is 10.3 Å². The lowest BCUT2D eigenvalue weighted by Crippen LogP contribution is -2.48. The van der Waals surface area contributed by atoms with E-state index in [1.807, 2.05) is 45.9 Å². The van der Waals surface area contributed by atoms with Crippen LogP contribution in [-0.4, -0.2) is 33.2 Å². The monoisotopic (exact) mass is 360 g/mol. The second-order valence-corrected chi connectivity index (χ2v) is 7.78. The number of thioether (sulfide) groups is 1. The molecule has 0 atom stereocenters. The van der Waals surface area contributed by atoms with Crippen molar-refractivity contribution in [3.63, 3.8) is 0 Å². The van der Waals surface area contributed by atoms with Crippen LogP contribution in [0.1, 0.15) is 37.7 Å². The lowest BCUT2D eigenvalue weighted by molar-refractivity contribution is -0.117. The van der Waals surface area contributed by atoms with E-state index in [9.17, 15) is 9.59 Å². The number of aromatic nitrogens is 2. The molecule has 0 spiro atoms. The summed E-state index contributed by atoms with van der Waals surface area (Å²) in [4.78, 5) is 31.3. The van der Waals surface area contributed by atoms with E-state index < -0.39 is 6.03 Å². The number of urea groups is 1. The number of amides is 3. The number of hydrogen-bond acceptors (Lipinski definition) is 4. The molecule has 2 aromatic rings. The third-order valence-corrected chi connectivity index (χ3v) is 4.13. The van der Waals surface area contributed by atoms with Gasteiger partial charge in [0.15, 0.2) is 5.16 Å². The van der Waals surface area contributed by atoms with E-state index >= 15 is 0 Å². The second kappa shape index (κ2) is 8.20. The molecule has 0 radical (unpaired) electrons. The summed E-state index contributed by atoms with van der Waals surface area (Å²) in [6, 6.07) is 9.61. The minimum Gasteiger partial charge on any atom is -0.337 e. The Morgan fingerprint density at radius 2 is 1.88 bits per heavy atom. The highest BCUT2D eigenvalue weighted by Gasteiger charge is 2.16. The Kier molecular flexibility index (Phi) is 6.25. The molecule has 1 heterocycles. The zero-order chi connectivity index (χ0) is 18.4. The Morgan fingerprint density at radius 1 is 1.20 bits per heavy atom. The first kappa shape index (κ1) is 19.1. The van der Waals surface area contributed by atoms with Crippen molar-refractivity contribution in [2.45, 2.75) is 44.8 Å². The maximum atomic E-state index is 11.9. The van der Waals surface area contributed by atoms with Crippen molar-refractivity contribution in [1.82, 2.24) is 20.6 Å². The Bertz CT molecular complexity index is 735. The minimum atomic E-state index is -0.488. The summed E-state index contributed by atoms with van der Waals surface area (Å²) in [5, 5.41) is 5.68. The predicted molar refractivity (Wildman–Crippen MR) is 99.7 cm³/mol. The number of aromatic amines is 1. The number of nitrogens with one attached hydrogen (secondary N) is 3. The zero-order valence-corrected chi connectivity index (χ0v) is 15.8. The third kappa shape index (κ3) is 6.62. The summed E-state index contributed by atoms with van der Waals surface area (Å²) in [5.74, 6) is -0.236. The zero-order valence-electron chi connectivity index (χ0n) is 15.0. The molecule has 7 heteroatoms. The van der Waals surface area contributed by atoms with Crippen LogP contribution in [0.25, 0.3) is 0 Å². The van der Waals surface area contributed by atoms with E-state index in [1.165, 1.54) is 17.3 Å². The molecular formula is C18H24N4O2S. The van der Waals surface area contributed by atoms with E-state index in [-0.39, 0.29) is 17.2 Å². The number of H-pyrrole nitrogens is 1. The van der Waals surface area contributed by atoms with Gasteiger partial charge in [-0.3, -0.25) is 10.1 Å². The molecule has 25 heavy (non-hydrogen) atoms. The van der Waals surface area contributed by atoms with Crippen LogP contribution in [0.3, 0.4) is 0 Å². The number of hydrogen-bond donors (Lipinski definition) is 3. The van der Waals surface area contributed by atoms with E-state index in [4.69, 9.17) is 0 Å². The lowest BCUT2D eigenvalue weighted by Gasteiger charge is -2.20. The van der Waals surface area contributed by atoms with Crippen molar-refractivity contribution in [2.75, 3.05) is 5.75 Å². The smallest absolute Gasteiger partial charge is 0.321 e. The van der Waals surface area contributed by atoms with Crippen LogP contribution in [-0.2, 0) is 11.2 Å². The van der Waals surface area contributed by atoms with E-state index in [0.29, 0.717) is 5.16 Å². The molecule has 1 aromatic carbocycles. The van der Waals surface area contributed by atoms with Crippen molar-refractivity contribution < 1.29 is 9.59 Å². The van der Waals surface area contributed by atoms with Crippen LogP contribution in [0.4, 0.5) is 4.79 Å². The lowest BCUT2D eigenvalue weighted by atomic mass is 10.1. The standard InChI is InChI=1S/C18H24N4O2S/c1-12-14(10-13-8-6-5-7-9-13)20-17(19-12)25-11-15(23)21-16(24)22-18(2,3)4/h5-9H,10-11H2,1-4H3,(H,19,20)(H2,21,22,23,24). The Morgan fingerprint density at radius 3 is 2.52 bits per heavy atom. The van der Waals surface area contributed by atoms with E-state index in [1.54, 1.807) is 0 Å². The van der Waals surface area contributed by atoms with Crippen LogP contribution >= 0.6 is 11.8 Å². The fourth-order valence-corrected chi connectivity index (χ4v) is 2.91. The van der Waals surface area contributed by atoms with Crippen LogP contribution < -0.4 is 10.6 Å². The van der Waals surface area contributed by atoms with Gasteiger partial charge in [-0.15, -0.1) is 0 Å². The second-order valence-electron chi connectivity index (χ2n) is 6.82. The first-order chi connectivity index (χ1) is 11.7. The molecule has 0 unspecified atom stereocenters. The Balaban J connectivity index is 1.86. The summed E-state index contributed by atoms with van der Waals surface area (Å²) in [5.41, 5.74) is 2.74. The van der Waals surface area contributed by atoms with Gasteiger partial charge in [0.1, 0.15) is 0 Å². The highest BCUT2D eigenvalue weighted by atomic mass is 32.2. The molecule has 0 saturated carbocycles. The average molecular weight is 360 g/mol. The van der Waals surface area contributed by atoms with Gasteiger partial charge in [-0.1, -0.05) is 42.1 Å². The molecule has 1 aromatic heterocycles. The number of imide groups is 1. The quantitative estimate of drug-likeness (QED) is 0.715. The first-order valence-corrected chi connectivity index (χ1v) is 9.06. The molecule has 0 bridgehead atoms. The number of nitrogens with zero attached hydrogens (tertiary/aromatic N) is 1. The van der Waals surface area contributed by atoms with Gasteiger partial charge in [0, 0.05) is 17.7 Å². The van der Waals surface area contributed by atoms with Crippen molar-refractivity contribution in [3.8, 4) is 0 Å². The van der Waals surface area contributed by atoms with Gasteiger partial charge in [0.25, 0.3) is 0 Å². The third-order valence-electron chi connectivity index (χ3n) is 3.26. The topological polar surface area (TPSA) is 86.9 Å². The van der Waals surface area contributed by atoms with Gasteiger partial charge >= 0.3 is 6.03 Å². The van der Waals surface area contributed by atoms with Gasteiger partial charge in [-0.25, -0.2) is 9.78 Å². The van der Waals surface area contributed by atoms with Gasteiger partial charge in [-0.2, -0.15) is 0 Å². The van der Waals surface area contributed by atoms with Crippen LogP contribution in [0, 0.1) is 6.92 Å². The van der Waals surface area contributed by atoms with Crippen molar-refractivity contribution in [3.05, 3.63) is 47.3 Å². The molecule has 134 valence electrons. The van der Waals surface area contributed by atoms with E-state index in [0.717, 1.165) is 17.8 Å². The van der Waals surface area contributed by atoms with Crippen molar-refractivity contribution in [2.24, 2.45) is 0 Å². The van der Waals surface area contributed by atoms with Gasteiger partial charge in [0.05, 0.1) is 11.4 Å². The minimum absolute atomic E-state index is 0.120. The molecule has 2 rings (SSSR count). The Hall–Kier alpha value is -2.28. The SMILES string of the molecule is Cc1[nH]c(SCC(=O)NC(=O)NC(C)(C)C)nc1Cc1ccccc1. The summed E-state index contributed by atoms with van der Waals surface area (Å²) < 4.78 is 0. The highest BCUT2D eigenvalue weighted by Crippen LogP contribution is 2.18. The number of benzene rings is 1. The summed E-state index contributed by atoms with van der Waals surface area (Å²) in [6.07, 6.45) is 0.740. The van der Waals surface area contributed by atoms with Crippen molar-refractivity contribution >= 4 is 23.7 Å². The largest absolute Gasteiger partial charge is 0.337 e. The molecule has 3 amide bonds. The molecular weight excluding hydrogens is 336 g/mol. The fraction of sp³-hybridized carbons (Fsp3) is 0.389. The fourth-order valence-electron chi connectivity index (χ4n) is 2.17. The summed E-state index contributed by atoms with van der Waals surface area (Å²) in [6.45, 7) is 7.52. The average Bonchev–Trinajstić information content (AvgIpc) is 2.84. The number of carbonyl (C=O) groups is 2. The number of rotatable bonds is 5. The van der Waals surface area contributed by atoms with Gasteiger partial charge in [-0.05, 0) is 33.3 Å². The van der Waals surface area contributed by atoms with Crippen LogP contribution in [0.5, 0.6) is 0 Å². The van der Waals surface area contributed by atoms with Crippen molar-refractivity contribution in [1.29, 1.82) is 0 Å². The van der Waals surface area contributed by atoms with Crippen LogP contribution in [0.2, 0.25) is 0 Å². The Labute approximate surface area is 152 Å². The molecule has 0 saturated heterocycles. The van der Waals surface area contributed by atoms with Crippen LogP contribution in [0.15, 0.2) is 35.5 Å². The maximum Gasteiger partial charge on any atom is 0.321 e. The molecule has 3 N–H and O–H groups in total. The molecule has 6 nitrogen and oxygen atoms in total. The summed E-state index contributed by atoms with van der Waals surface area (Å²) in [7, 11) is 0. The number of carbonyl (C=O) groups excluding carboxylic acids is 2. The first-order valence-electron chi connectivity index (χ1n) is 8.07.